The van der Waals surface area contributed by atoms with Gasteiger partial charge in [0.1, 0.15) is 5.41 Å². The van der Waals surface area contributed by atoms with Crippen molar-refractivity contribution in [3.63, 3.8) is 0 Å². The first kappa shape index (κ1) is 33.2. The van der Waals surface area contributed by atoms with Crippen LogP contribution >= 0.6 is 0 Å². The lowest BCUT2D eigenvalue weighted by Crippen LogP contribution is -2.41. The maximum absolute atomic E-state index is 13.0. The minimum absolute atomic E-state index is 0.0928. The van der Waals surface area contributed by atoms with Gasteiger partial charge in [0.25, 0.3) is 0 Å². The second-order valence-electron chi connectivity index (χ2n) is 10.9. The van der Waals surface area contributed by atoms with E-state index in [-0.39, 0.29) is 37.7 Å². The summed E-state index contributed by atoms with van der Waals surface area (Å²) in [5.74, 6) is -1.89. The van der Waals surface area contributed by atoms with Gasteiger partial charge < -0.3 is 19.7 Å². The fourth-order valence-corrected chi connectivity index (χ4v) is 6.49. The quantitative estimate of drug-likeness (QED) is 0.204. The van der Waals surface area contributed by atoms with Crippen molar-refractivity contribution < 1.29 is 37.7 Å². The molecule has 0 amide bonds. The van der Waals surface area contributed by atoms with E-state index in [1.165, 1.54) is 0 Å². The Kier molecular flexibility index (Phi) is 12.5. The minimum Gasteiger partial charge on any atom is -0.481 e. The van der Waals surface area contributed by atoms with Crippen molar-refractivity contribution in [3.8, 4) is 0 Å². The smallest absolute Gasteiger partial charge is 0.333 e. The minimum atomic E-state index is -3.43. The predicted molar refractivity (Wildman–Crippen MR) is 156 cm³/mol. The first-order valence-electron chi connectivity index (χ1n) is 13.5. The van der Waals surface area contributed by atoms with Crippen molar-refractivity contribution in [2.45, 2.75) is 59.0 Å². The van der Waals surface area contributed by atoms with Gasteiger partial charge in [0.2, 0.25) is 0 Å². The molecule has 1 atom stereocenters. The van der Waals surface area contributed by atoms with Gasteiger partial charge in [-0.05, 0) is 54.9 Å². The number of ether oxygens (including phenoxy) is 2. The van der Waals surface area contributed by atoms with Crippen molar-refractivity contribution in [1.82, 2.24) is 0 Å². The van der Waals surface area contributed by atoms with Crippen molar-refractivity contribution in [2.75, 3.05) is 31.3 Å². The Morgan fingerprint density at radius 2 is 1.73 bits per heavy atom. The number of carbonyl (C=O) groups excluding carboxylic acids is 1. The van der Waals surface area contributed by atoms with Gasteiger partial charge in [-0.3, -0.25) is 4.79 Å². The number of benzene rings is 2. The molecule has 0 bridgehead atoms. The second-order valence-corrected chi connectivity index (χ2v) is 13.1. The van der Waals surface area contributed by atoms with E-state index in [9.17, 15) is 23.1 Å². The summed E-state index contributed by atoms with van der Waals surface area (Å²) in [4.78, 5) is 25.1. The number of esters is 1. The molecule has 2 N–H and O–H groups in total. The summed E-state index contributed by atoms with van der Waals surface area (Å²) < 4.78 is 35.7. The lowest BCUT2D eigenvalue weighted by atomic mass is 9.75. The van der Waals surface area contributed by atoms with Gasteiger partial charge in [0.05, 0.1) is 37.9 Å². The molecule has 0 heterocycles. The number of rotatable bonds is 17. The molecule has 0 radical (unpaired) electrons. The number of carboxylic acid groups (broad SMARTS) is 1. The van der Waals surface area contributed by atoms with Gasteiger partial charge in [-0.2, -0.15) is 0 Å². The van der Waals surface area contributed by atoms with Crippen LogP contribution in [-0.4, -0.2) is 61.9 Å². The summed E-state index contributed by atoms with van der Waals surface area (Å²) in [5, 5.41) is 19.7. The average molecular weight is 575 g/mol. The van der Waals surface area contributed by atoms with E-state index in [0.717, 1.165) is 5.56 Å². The van der Waals surface area contributed by atoms with Crippen LogP contribution in [0.3, 0.4) is 0 Å². The summed E-state index contributed by atoms with van der Waals surface area (Å²) in [5.41, 5.74) is 0.488. The van der Waals surface area contributed by atoms with Gasteiger partial charge in [0, 0.05) is 5.57 Å². The highest BCUT2D eigenvalue weighted by Crippen LogP contribution is 2.35. The molecule has 0 aliphatic rings. The molecule has 9 heteroatoms. The number of hydrogen-bond donors (Lipinski definition) is 2. The highest BCUT2D eigenvalue weighted by molar-refractivity contribution is 7.91. The molecule has 220 valence electrons. The molecule has 2 aromatic rings. The van der Waals surface area contributed by atoms with Gasteiger partial charge in [-0.15, -0.1) is 0 Å². The number of aliphatic hydroxyl groups is 1. The standard InChI is InChI=1S/C31H42O8S/c1-5-39-28(33)24(2)19-26-13-9-14-27(20-26)31(29(34)35,22-38-21-25-11-7-6-8-12-25)16-10-15-30(3,4)23-40(36,37)18-17-32/h6-9,11-14,19-20,32H,5,10,15-18,21-23H2,1-4H3,(H,34,35)/b24-19+. The third-order valence-electron chi connectivity index (χ3n) is 6.76. The summed E-state index contributed by atoms with van der Waals surface area (Å²) in [6.45, 7) is 7.01. The zero-order chi connectivity index (χ0) is 29.8. The molecular formula is C31H42O8S. The monoisotopic (exact) mass is 574 g/mol. The zero-order valence-corrected chi connectivity index (χ0v) is 24.7. The molecule has 2 aromatic carbocycles. The molecular weight excluding hydrogens is 532 g/mol. The molecule has 0 saturated heterocycles. The largest absolute Gasteiger partial charge is 0.481 e. The third kappa shape index (κ3) is 10.2. The van der Waals surface area contributed by atoms with Crippen molar-refractivity contribution in [1.29, 1.82) is 0 Å². The summed E-state index contributed by atoms with van der Waals surface area (Å²) in [7, 11) is -3.43. The maximum Gasteiger partial charge on any atom is 0.333 e. The first-order chi connectivity index (χ1) is 18.8. The first-order valence-corrected chi connectivity index (χ1v) is 15.3. The lowest BCUT2D eigenvalue weighted by Gasteiger charge is -2.32. The molecule has 1 unspecified atom stereocenters. The van der Waals surface area contributed by atoms with E-state index in [1.54, 1.807) is 44.2 Å². The predicted octanol–water partition coefficient (Wildman–Crippen LogP) is 4.80. The van der Waals surface area contributed by atoms with Crippen molar-refractivity contribution in [2.24, 2.45) is 5.41 Å². The number of aliphatic hydroxyl groups excluding tert-OH is 1. The van der Waals surface area contributed by atoms with Crippen molar-refractivity contribution in [3.05, 3.63) is 76.9 Å². The summed E-state index contributed by atoms with van der Waals surface area (Å²) in [6.07, 6.45) is 2.77. The summed E-state index contributed by atoms with van der Waals surface area (Å²) in [6, 6.07) is 16.5. The van der Waals surface area contributed by atoms with Gasteiger partial charge >= 0.3 is 11.9 Å². The average Bonchev–Trinajstić information content (AvgIpc) is 2.87. The van der Waals surface area contributed by atoms with Crippen LogP contribution in [-0.2, 0) is 40.9 Å². The van der Waals surface area contributed by atoms with Crippen LogP contribution in [0, 0.1) is 5.41 Å². The second kappa shape index (κ2) is 15.1. The van der Waals surface area contributed by atoms with E-state index in [1.807, 2.05) is 44.2 Å². The highest BCUT2D eigenvalue weighted by atomic mass is 32.2. The van der Waals surface area contributed by atoms with E-state index in [4.69, 9.17) is 14.6 Å². The maximum atomic E-state index is 13.0. The molecule has 0 aromatic heterocycles. The molecule has 40 heavy (non-hydrogen) atoms. The Bertz CT molecular complexity index is 1250. The van der Waals surface area contributed by atoms with E-state index in [0.29, 0.717) is 29.5 Å². The molecule has 0 saturated carbocycles. The molecule has 2 rings (SSSR count). The summed E-state index contributed by atoms with van der Waals surface area (Å²) >= 11 is 0. The zero-order valence-electron chi connectivity index (χ0n) is 23.9. The van der Waals surface area contributed by atoms with Crippen LogP contribution in [0.4, 0.5) is 0 Å². The van der Waals surface area contributed by atoms with Gasteiger partial charge in [-0.1, -0.05) is 74.9 Å². The Hall–Kier alpha value is -3.01. The van der Waals surface area contributed by atoms with Crippen molar-refractivity contribution >= 4 is 27.9 Å². The molecule has 8 nitrogen and oxygen atoms in total. The van der Waals surface area contributed by atoms with Gasteiger partial charge in [0.15, 0.2) is 9.84 Å². The Morgan fingerprint density at radius 1 is 1.02 bits per heavy atom. The normalized spacial score (nSPS) is 14.0. The molecule has 0 spiro atoms. The molecule has 0 aliphatic heterocycles. The molecule has 0 fully saturated rings. The SMILES string of the molecule is CCOC(=O)/C(C)=C/c1cccc(C(CCCC(C)(C)CS(=O)(=O)CCO)(COCc2ccccc2)C(=O)O)c1. The number of carbonyl (C=O) groups is 2. The fourth-order valence-electron chi connectivity index (χ4n) is 4.74. The Morgan fingerprint density at radius 3 is 2.35 bits per heavy atom. The lowest BCUT2D eigenvalue weighted by molar-refractivity contribution is -0.147. The number of carboxylic acids is 1. The number of sulfone groups is 1. The number of aliphatic carboxylic acids is 1. The van der Waals surface area contributed by atoms with E-state index >= 15 is 0 Å². The number of hydrogen-bond acceptors (Lipinski definition) is 7. The third-order valence-corrected chi connectivity index (χ3v) is 8.79. The van der Waals surface area contributed by atoms with Crippen LogP contribution in [0.15, 0.2) is 60.2 Å². The van der Waals surface area contributed by atoms with E-state index in [2.05, 4.69) is 0 Å². The Balaban J connectivity index is 2.37. The van der Waals surface area contributed by atoms with Crippen LogP contribution < -0.4 is 0 Å². The van der Waals surface area contributed by atoms with Gasteiger partial charge in [-0.25, -0.2) is 13.2 Å². The van der Waals surface area contributed by atoms with Crippen LogP contribution in [0.25, 0.3) is 6.08 Å². The highest BCUT2D eigenvalue weighted by Gasteiger charge is 2.41. The molecule has 0 aliphatic carbocycles. The van der Waals surface area contributed by atoms with Crippen LogP contribution in [0.2, 0.25) is 0 Å². The Labute approximate surface area is 237 Å². The van der Waals surface area contributed by atoms with Crippen LogP contribution in [0.1, 0.15) is 63.6 Å². The topological polar surface area (TPSA) is 127 Å². The van der Waals surface area contributed by atoms with Crippen LogP contribution in [0.5, 0.6) is 0 Å². The van der Waals surface area contributed by atoms with E-state index < -0.39 is 39.2 Å². The fraction of sp³-hybridized carbons (Fsp3) is 0.484.